The second-order valence-electron chi connectivity index (χ2n) is 8.81. The minimum absolute atomic E-state index is 0.202. The second-order valence-corrected chi connectivity index (χ2v) is 8.81. The maximum atomic E-state index is 14.0. The van der Waals surface area contributed by atoms with Crippen LogP contribution in [0.3, 0.4) is 0 Å². The number of nitrogens with zero attached hydrogens (tertiary/aromatic N) is 4. The van der Waals surface area contributed by atoms with E-state index in [0.29, 0.717) is 43.0 Å². The summed E-state index contributed by atoms with van der Waals surface area (Å²) in [7, 11) is 0. The van der Waals surface area contributed by atoms with E-state index in [1.54, 1.807) is 6.33 Å². The molecule has 2 aliphatic carbocycles. The molecule has 1 aromatic carbocycles. The van der Waals surface area contributed by atoms with Crippen molar-refractivity contribution in [3.05, 3.63) is 59.7 Å². The number of aryl methyl sites for hydroxylation is 1. The van der Waals surface area contributed by atoms with Crippen LogP contribution in [-0.2, 0) is 5.60 Å². The fourth-order valence-electron chi connectivity index (χ4n) is 4.24. The van der Waals surface area contributed by atoms with Crippen molar-refractivity contribution in [3.63, 3.8) is 0 Å². The third-order valence-electron chi connectivity index (χ3n) is 6.19. The van der Waals surface area contributed by atoms with Gasteiger partial charge < -0.3 is 20.1 Å². The number of anilines is 2. The molecule has 0 radical (unpaired) electrons. The highest BCUT2D eigenvalue weighted by Crippen LogP contribution is 2.40. The molecule has 0 bridgehead atoms. The molecule has 0 unspecified atom stereocenters. The molecule has 5 rings (SSSR count). The number of aromatic nitrogens is 4. The van der Waals surface area contributed by atoms with Gasteiger partial charge in [0.15, 0.2) is 5.82 Å². The van der Waals surface area contributed by atoms with Crippen LogP contribution < -0.4 is 5.32 Å². The largest absolute Gasteiger partial charge is 0.393 e. The maximum Gasteiger partial charge on any atom is 0.227 e. The number of aliphatic hydroxyl groups is 2. The van der Waals surface area contributed by atoms with E-state index in [9.17, 15) is 14.6 Å². The highest BCUT2D eigenvalue weighted by Gasteiger charge is 2.36. The number of benzene rings is 1. The van der Waals surface area contributed by atoms with Gasteiger partial charge in [0.25, 0.3) is 0 Å². The van der Waals surface area contributed by atoms with Gasteiger partial charge in [-0.1, -0.05) is 0 Å². The van der Waals surface area contributed by atoms with E-state index in [0.717, 1.165) is 29.8 Å². The number of hydrogen-bond acceptors (Lipinski definition) is 6. The highest BCUT2D eigenvalue weighted by molar-refractivity contribution is 5.59. The average molecular weight is 423 g/mol. The first kappa shape index (κ1) is 20.1. The lowest BCUT2D eigenvalue weighted by Gasteiger charge is -2.32. The van der Waals surface area contributed by atoms with E-state index in [1.807, 2.05) is 35.9 Å². The lowest BCUT2D eigenvalue weighted by Crippen LogP contribution is -2.33. The number of aliphatic hydroxyl groups excluding tert-OH is 1. The van der Waals surface area contributed by atoms with E-state index in [4.69, 9.17) is 0 Å². The van der Waals surface area contributed by atoms with Gasteiger partial charge in [-0.25, -0.2) is 19.3 Å². The Morgan fingerprint density at radius 3 is 2.65 bits per heavy atom. The van der Waals surface area contributed by atoms with Gasteiger partial charge in [0.2, 0.25) is 5.95 Å². The van der Waals surface area contributed by atoms with Crippen LogP contribution in [-0.4, -0.2) is 35.8 Å². The average Bonchev–Trinajstić information content (AvgIpc) is 3.46. The third kappa shape index (κ3) is 4.18. The van der Waals surface area contributed by atoms with Gasteiger partial charge in [-0.2, -0.15) is 0 Å². The smallest absolute Gasteiger partial charge is 0.227 e. The third-order valence-corrected chi connectivity index (χ3v) is 6.19. The molecule has 0 aliphatic heterocycles. The normalized spacial score (nSPS) is 23.7. The topological polar surface area (TPSA) is 96.1 Å². The predicted molar refractivity (Wildman–Crippen MR) is 114 cm³/mol. The van der Waals surface area contributed by atoms with E-state index < -0.39 is 5.60 Å². The Morgan fingerprint density at radius 1 is 1.13 bits per heavy atom. The van der Waals surface area contributed by atoms with Crippen LogP contribution in [0.2, 0.25) is 0 Å². The van der Waals surface area contributed by atoms with Crippen LogP contribution in [0.4, 0.5) is 16.0 Å². The van der Waals surface area contributed by atoms with Crippen molar-refractivity contribution in [2.75, 3.05) is 5.32 Å². The zero-order valence-electron chi connectivity index (χ0n) is 17.4. The number of hydrogen-bond donors (Lipinski definition) is 3. The molecule has 2 fully saturated rings. The predicted octanol–water partition coefficient (Wildman–Crippen LogP) is 3.85. The van der Waals surface area contributed by atoms with E-state index in [-0.39, 0.29) is 17.8 Å². The summed E-state index contributed by atoms with van der Waals surface area (Å²) in [5, 5.41) is 23.9. The molecule has 162 valence electrons. The summed E-state index contributed by atoms with van der Waals surface area (Å²) >= 11 is 0. The molecule has 0 saturated heterocycles. The minimum Gasteiger partial charge on any atom is -0.393 e. The standard InChI is InChI=1S/C23H26FN5O2/c1-14-8-16(27-22-25-11-19(24)21(28-22)15-2-3-15)10-17(9-14)29-12-20(26-13-29)23(31)6-4-18(30)5-7-23/h8-13,15,18,30-31H,2-7H2,1H3,(H,25,27,28). The van der Waals surface area contributed by atoms with Gasteiger partial charge in [-0.3, -0.25) is 0 Å². The molecule has 3 aromatic rings. The van der Waals surface area contributed by atoms with Crippen LogP contribution in [0.1, 0.15) is 61.4 Å². The molecule has 2 heterocycles. The SMILES string of the molecule is Cc1cc(Nc2ncc(F)c(C3CC3)n2)cc(-n2cnc(C3(O)CCC(O)CC3)c2)c1. The van der Waals surface area contributed by atoms with Crippen molar-refractivity contribution in [1.29, 1.82) is 0 Å². The second kappa shape index (κ2) is 7.69. The zero-order valence-corrected chi connectivity index (χ0v) is 17.4. The van der Waals surface area contributed by atoms with Crippen LogP contribution >= 0.6 is 0 Å². The van der Waals surface area contributed by atoms with Gasteiger partial charge in [-0.05, 0) is 69.2 Å². The molecule has 2 saturated carbocycles. The monoisotopic (exact) mass is 423 g/mol. The number of nitrogens with one attached hydrogen (secondary N) is 1. The molecule has 31 heavy (non-hydrogen) atoms. The van der Waals surface area contributed by atoms with Crippen LogP contribution in [0.15, 0.2) is 36.9 Å². The summed E-state index contributed by atoms with van der Waals surface area (Å²) in [6.45, 7) is 1.99. The van der Waals surface area contributed by atoms with E-state index >= 15 is 0 Å². The Kier molecular flexibility index (Phi) is 4.98. The Hall–Kier alpha value is -2.84. The van der Waals surface area contributed by atoms with Crippen molar-refractivity contribution >= 4 is 11.6 Å². The Labute approximate surface area is 180 Å². The Balaban J connectivity index is 1.39. The minimum atomic E-state index is -1.00. The summed E-state index contributed by atoms with van der Waals surface area (Å²) in [6.07, 6.45) is 8.49. The number of rotatable bonds is 5. The highest BCUT2D eigenvalue weighted by atomic mass is 19.1. The van der Waals surface area contributed by atoms with Crippen molar-refractivity contribution < 1.29 is 14.6 Å². The summed E-state index contributed by atoms with van der Waals surface area (Å²) in [4.78, 5) is 12.9. The Morgan fingerprint density at radius 2 is 1.90 bits per heavy atom. The molecular weight excluding hydrogens is 397 g/mol. The van der Waals surface area contributed by atoms with Crippen LogP contribution in [0.25, 0.3) is 5.69 Å². The fraction of sp³-hybridized carbons (Fsp3) is 0.435. The van der Waals surface area contributed by atoms with Gasteiger partial charge in [0, 0.05) is 23.5 Å². The summed E-state index contributed by atoms with van der Waals surface area (Å²) in [6, 6.07) is 5.93. The summed E-state index contributed by atoms with van der Waals surface area (Å²) in [5.41, 5.74) is 2.79. The van der Waals surface area contributed by atoms with E-state index in [1.165, 1.54) is 6.20 Å². The maximum absolute atomic E-state index is 14.0. The molecule has 7 nitrogen and oxygen atoms in total. The molecule has 0 spiro atoms. The number of halogens is 1. The lowest BCUT2D eigenvalue weighted by atomic mass is 9.81. The molecule has 3 N–H and O–H groups in total. The van der Waals surface area contributed by atoms with Crippen LogP contribution in [0.5, 0.6) is 0 Å². The molecule has 0 amide bonds. The van der Waals surface area contributed by atoms with Gasteiger partial charge in [0.1, 0.15) is 5.60 Å². The molecular formula is C23H26FN5O2. The first-order valence-corrected chi connectivity index (χ1v) is 10.8. The summed E-state index contributed by atoms with van der Waals surface area (Å²) < 4.78 is 15.8. The van der Waals surface area contributed by atoms with Gasteiger partial charge in [-0.15, -0.1) is 0 Å². The Bertz CT molecular complexity index is 1100. The van der Waals surface area contributed by atoms with Gasteiger partial charge >= 0.3 is 0 Å². The van der Waals surface area contributed by atoms with E-state index in [2.05, 4.69) is 20.3 Å². The first-order chi connectivity index (χ1) is 14.9. The quantitative estimate of drug-likeness (QED) is 0.577. The molecule has 2 aromatic heterocycles. The lowest BCUT2D eigenvalue weighted by molar-refractivity contribution is -0.0389. The van der Waals surface area contributed by atoms with Crippen molar-refractivity contribution in [3.8, 4) is 5.69 Å². The molecule has 2 aliphatic rings. The number of imidazole rings is 1. The molecule has 0 atom stereocenters. The van der Waals surface area contributed by atoms with Crippen LogP contribution in [0, 0.1) is 12.7 Å². The first-order valence-electron chi connectivity index (χ1n) is 10.8. The van der Waals surface area contributed by atoms with Gasteiger partial charge in [0.05, 0.1) is 30.0 Å². The van der Waals surface area contributed by atoms with Crippen molar-refractivity contribution in [2.45, 2.75) is 63.1 Å². The molecule has 8 heteroatoms. The zero-order chi connectivity index (χ0) is 21.6. The van der Waals surface area contributed by atoms with Crippen molar-refractivity contribution in [1.82, 2.24) is 19.5 Å². The van der Waals surface area contributed by atoms with Crippen molar-refractivity contribution in [2.24, 2.45) is 0 Å². The fourth-order valence-corrected chi connectivity index (χ4v) is 4.24. The summed E-state index contributed by atoms with van der Waals surface area (Å²) in [5.74, 6) is 0.228.